The highest BCUT2D eigenvalue weighted by Gasteiger charge is 2.37. The molecule has 0 N–H and O–H groups in total. The van der Waals surface area contributed by atoms with Gasteiger partial charge in [-0.25, -0.2) is 8.42 Å². The van der Waals surface area contributed by atoms with Gasteiger partial charge >= 0.3 is 0 Å². The molecular formula is C20H24N2O3S. The molecule has 2 aliphatic rings. The number of hydrogen-bond acceptors (Lipinski definition) is 4. The minimum absolute atomic E-state index is 0.257. The normalized spacial score (nSPS) is 21.5. The summed E-state index contributed by atoms with van der Waals surface area (Å²) in [6, 6.07) is 15.7. The second kappa shape index (κ2) is 7.02. The Kier molecular flexibility index (Phi) is 4.73. The Morgan fingerprint density at radius 3 is 2.54 bits per heavy atom. The molecule has 2 aromatic carbocycles. The minimum Gasteiger partial charge on any atom is -0.495 e. The molecule has 2 aromatic rings. The van der Waals surface area contributed by atoms with Crippen molar-refractivity contribution in [2.75, 3.05) is 26.7 Å². The van der Waals surface area contributed by atoms with Crippen molar-refractivity contribution in [2.24, 2.45) is 0 Å². The maximum Gasteiger partial charge on any atom is 0.246 e. The van der Waals surface area contributed by atoms with Gasteiger partial charge in [0.05, 0.1) is 7.11 Å². The first-order chi connectivity index (χ1) is 12.6. The van der Waals surface area contributed by atoms with Crippen LogP contribution in [0.3, 0.4) is 0 Å². The molecule has 2 aliphatic heterocycles. The molecule has 1 saturated heterocycles. The van der Waals surface area contributed by atoms with Gasteiger partial charge < -0.3 is 4.74 Å². The van der Waals surface area contributed by atoms with Crippen LogP contribution in [-0.4, -0.2) is 50.4 Å². The Morgan fingerprint density at radius 2 is 1.73 bits per heavy atom. The van der Waals surface area contributed by atoms with Crippen molar-refractivity contribution < 1.29 is 13.2 Å². The molecule has 0 aromatic heterocycles. The van der Waals surface area contributed by atoms with Gasteiger partial charge in [0.25, 0.3) is 0 Å². The van der Waals surface area contributed by atoms with Gasteiger partial charge in [-0.3, -0.25) is 4.90 Å². The summed E-state index contributed by atoms with van der Waals surface area (Å²) in [6.45, 7) is 3.00. The number of hydrogen-bond donors (Lipinski definition) is 0. The summed E-state index contributed by atoms with van der Waals surface area (Å²) in [7, 11) is -2.03. The van der Waals surface area contributed by atoms with E-state index in [4.69, 9.17) is 4.74 Å². The summed E-state index contributed by atoms with van der Waals surface area (Å²) in [5.74, 6) is 0.405. The third-order valence-corrected chi connectivity index (χ3v) is 7.39. The molecule has 0 amide bonds. The summed E-state index contributed by atoms with van der Waals surface area (Å²) in [5, 5.41) is 0. The van der Waals surface area contributed by atoms with Gasteiger partial charge in [0.2, 0.25) is 10.0 Å². The Morgan fingerprint density at radius 1 is 1.00 bits per heavy atom. The van der Waals surface area contributed by atoms with Crippen molar-refractivity contribution in [1.29, 1.82) is 0 Å². The standard InChI is InChI=1S/C20H24N2O3S/c1-25-19-8-4-5-9-20(19)26(23,24)22-13-11-18(15-22)21-12-10-16-6-2-3-7-17(16)14-21/h2-9,18H,10-15H2,1H3. The average Bonchev–Trinajstić information content (AvgIpc) is 3.18. The second-order valence-electron chi connectivity index (χ2n) is 6.95. The van der Waals surface area contributed by atoms with Gasteiger partial charge in [0, 0.05) is 32.2 Å². The van der Waals surface area contributed by atoms with E-state index in [1.165, 1.54) is 18.2 Å². The van der Waals surface area contributed by atoms with Crippen LogP contribution >= 0.6 is 0 Å². The molecule has 0 saturated carbocycles. The lowest BCUT2D eigenvalue weighted by molar-refractivity contribution is 0.185. The van der Waals surface area contributed by atoms with E-state index in [0.29, 0.717) is 18.8 Å². The van der Waals surface area contributed by atoms with E-state index in [1.807, 2.05) is 0 Å². The molecule has 0 aliphatic carbocycles. The van der Waals surface area contributed by atoms with Crippen molar-refractivity contribution in [1.82, 2.24) is 9.21 Å². The molecule has 0 radical (unpaired) electrons. The van der Waals surface area contributed by atoms with E-state index < -0.39 is 10.0 Å². The number of ether oxygens (including phenoxy) is 1. The van der Waals surface area contributed by atoms with E-state index in [2.05, 4.69) is 29.2 Å². The Balaban J connectivity index is 1.50. The fourth-order valence-electron chi connectivity index (χ4n) is 4.03. The zero-order valence-electron chi connectivity index (χ0n) is 15.0. The molecule has 138 valence electrons. The van der Waals surface area contributed by atoms with Crippen molar-refractivity contribution in [3.63, 3.8) is 0 Å². The molecule has 0 bridgehead atoms. The third kappa shape index (κ3) is 3.13. The number of benzene rings is 2. The number of para-hydroxylation sites is 1. The Hall–Kier alpha value is -1.89. The highest BCUT2D eigenvalue weighted by Crippen LogP contribution is 2.31. The zero-order chi connectivity index (χ0) is 18.1. The summed E-state index contributed by atoms with van der Waals surface area (Å²) in [4.78, 5) is 2.69. The Bertz CT molecular complexity index is 897. The first-order valence-corrected chi connectivity index (χ1v) is 10.5. The van der Waals surface area contributed by atoms with E-state index in [9.17, 15) is 8.42 Å². The molecule has 5 nitrogen and oxygen atoms in total. The van der Waals surface area contributed by atoms with Crippen LogP contribution in [0.1, 0.15) is 17.5 Å². The van der Waals surface area contributed by atoms with Crippen LogP contribution in [0.4, 0.5) is 0 Å². The largest absolute Gasteiger partial charge is 0.495 e. The molecule has 26 heavy (non-hydrogen) atoms. The van der Waals surface area contributed by atoms with Gasteiger partial charge in [0.15, 0.2) is 0 Å². The molecule has 4 rings (SSSR count). The molecule has 2 heterocycles. The van der Waals surface area contributed by atoms with Crippen LogP contribution < -0.4 is 4.74 Å². The number of methoxy groups -OCH3 is 1. The highest BCUT2D eigenvalue weighted by molar-refractivity contribution is 7.89. The first kappa shape index (κ1) is 17.5. The molecular weight excluding hydrogens is 348 g/mol. The van der Waals surface area contributed by atoms with Gasteiger partial charge in [-0.1, -0.05) is 36.4 Å². The van der Waals surface area contributed by atoms with Gasteiger partial charge in [-0.15, -0.1) is 0 Å². The van der Waals surface area contributed by atoms with Crippen LogP contribution in [0.5, 0.6) is 5.75 Å². The quantitative estimate of drug-likeness (QED) is 0.828. The van der Waals surface area contributed by atoms with Crippen LogP contribution in [-0.2, 0) is 23.0 Å². The predicted octanol–water partition coefficient (Wildman–Crippen LogP) is 2.52. The predicted molar refractivity (Wildman–Crippen MR) is 101 cm³/mol. The van der Waals surface area contributed by atoms with Crippen molar-refractivity contribution in [2.45, 2.75) is 30.3 Å². The summed E-state index contributed by atoms with van der Waals surface area (Å²) in [5.41, 5.74) is 2.78. The van der Waals surface area contributed by atoms with Crippen molar-refractivity contribution in [3.05, 3.63) is 59.7 Å². The number of sulfonamides is 1. The number of fused-ring (bicyclic) bond motifs is 1. The van der Waals surface area contributed by atoms with E-state index >= 15 is 0 Å². The van der Waals surface area contributed by atoms with Crippen LogP contribution in [0.2, 0.25) is 0 Å². The van der Waals surface area contributed by atoms with E-state index in [1.54, 1.807) is 28.6 Å². The SMILES string of the molecule is COc1ccccc1S(=O)(=O)N1CCC(N2CCc3ccccc3C2)C1. The fourth-order valence-corrected chi connectivity index (χ4v) is 5.68. The van der Waals surface area contributed by atoms with Gasteiger partial charge in [-0.05, 0) is 36.1 Å². The lowest BCUT2D eigenvalue weighted by Crippen LogP contribution is -2.41. The maximum absolute atomic E-state index is 13.1. The smallest absolute Gasteiger partial charge is 0.246 e. The average molecular weight is 372 g/mol. The minimum atomic E-state index is -3.53. The van der Waals surface area contributed by atoms with Crippen LogP contribution in [0, 0.1) is 0 Å². The van der Waals surface area contributed by atoms with E-state index in [0.717, 1.165) is 25.9 Å². The maximum atomic E-state index is 13.1. The van der Waals surface area contributed by atoms with Crippen LogP contribution in [0.25, 0.3) is 0 Å². The zero-order valence-corrected chi connectivity index (χ0v) is 15.8. The lowest BCUT2D eigenvalue weighted by Gasteiger charge is -2.33. The highest BCUT2D eigenvalue weighted by atomic mass is 32.2. The topological polar surface area (TPSA) is 49.9 Å². The molecule has 0 spiro atoms. The first-order valence-electron chi connectivity index (χ1n) is 9.03. The third-order valence-electron chi connectivity index (χ3n) is 5.49. The second-order valence-corrected chi connectivity index (χ2v) is 8.85. The molecule has 1 atom stereocenters. The van der Waals surface area contributed by atoms with Crippen molar-refractivity contribution >= 4 is 10.0 Å². The van der Waals surface area contributed by atoms with Gasteiger partial charge in [0.1, 0.15) is 10.6 Å². The number of nitrogens with zero attached hydrogens (tertiary/aromatic N) is 2. The van der Waals surface area contributed by atoms with E-state index in [-0.39, 0.29) is 10.9 Å². The van der Waals surface area contributed by atoms with Crippen LogP contribution in [0.15, 0.2) is 53.4 Å². The summed E-state index contributed by atoms with van der Waals surface area (Å²) in [6.07, 6.45) is 1.91. The van der Waals surface area contributed by atoms with Gasteiger partial charge in [-0.2, -0.15) is 4.31 Å². The lowest BCUT2D eigenvalue weighted by atomic mass is 9.98. The summed E-state index contributed by atoms with van der Waals surface area (Å²) >= 11 is 0. The molecule has 6 heteroatoms. The molecule has 1 unspecified atom stereocenters. The monoisotopic (exact) mass is 372 g/mol. The Labute approximate surface area is 155 Å². The fraction of sp³-hybridized carbons (Fsp3) is 0.400. The van der Waals surface area contributed by atoms with Crippen molar-refractivity contribution in [3.8, 4) is 5.75 Å². The molecule has 1 fully saturated rings. The number of rotatable bonds is 4. The summed E-state index contributed by atoms with van der Waals surface area (Å²) < 4.78 is 33.0.